The number of rotatable bonds is 5. The highest BCUT2D eigenvalue weighted by molar-refractivity contribution is 5.94. The molecule has 3 fully saturated rings. The van der Waals surface area contributed by atoms with Crippen LogP contribution in [0.5, 0.6) is 0 Å². The van der Waals surface area contributed by atoms with Gasteiger partial charge in [0.25, 0.3) is 5.91 Å². The highest BCUT2D eigenvalue weighted by Crippen LogP contribution is 2.40. The van der Waals surface area contributed by atoms with Crippen molar-refractivity contribution in [3.05, 3.63) is 71.3 Å². The van der Waals surface area contributed by atoms with Crippen LogP contribution >= 0.6 is 0 Å². The molecule has 3 saturated heterocycles. The van der Waals surface area contributed by atoms with Crippen molar-refractivity contribution in [2.75, 3.05) is 19.7 Å². The molecule has 5 rings (SSSR count). The molecular weight excluding hydrogens is 416 g/mol. The normalized spacial score (nSPS) is 25.2. The summed E-state index contributed by atoms with van der Waals surface area (Å²) in [6.45, 7) is 1.72. The molecule has 3 heterocycles. The predicted octanol–water partition coefficient (Wildman–Crippen LogP) is 3.25. The highest BCUT2D eigenvalue weighted by Gasteiger charge is 2.47. The van der Waals surface area contributed by atoms with E-state index in [9.17, 15) is 14.7 Å². The fourth-order valence-corrected chi connectivity index (χ4v) is 5.58. The minimum Gasteiger partial charge on any atom is -0.465 e. The van der Waals surface area contributed by atoms with Crippen LogP contribution in [0.1, 0.15) is 59.7 Å². The maximum atomic E-state index is 13.0. The molecule has 6 heteroatoms. The lowest BCUT2D eigenvalue weighted by atomic mass is 9.77. The Morgan fingerprint density at radius 2 is 1.79 bits per heavy atom. The largest absolute Gasteiger partial charge is 0.465 e. The number of cyclic esters (lactones) is 1. The number of hydrogen-bond donors (Lipinski definition) is 2. The number of esters is 1. The quantitative estimate of drug-likeness (QED) is 0.687. The molecule has 2 N–H and O–H groups in total. The number of likely N-dealkylation sites (tertiary alicyclic amines) is 1. The molecule has 0 bridgehead atoms. The van der Waals surface area contributed by atoms with E-state index in [0.29, 0.717) is 44.1 Å². The van der Waals surface area contributed by atoms with Gasteiger partial charge in [0.2, 0.25) is 0 Å². The van der Waals surface area contributed by atoms with E-state index < -0.39 is 6.10 Å². The summed E-state index contributed by atoms with van der Waals surface area (Å²) in [5.41, 5.74) is 2.47. The van der Waals surface area contributed by atoms with Gasteiger partial charge in [-0.1, -0.05) is 42.5 Å². The molecule has 2 aromatic rings. The highest BCUT2D eigenvalue weighted by atomic mass is 16.5. The van der Waals surface area contributed by atoms with Crippen LogP contribution in [-0.2, 0) is 16.0 Å². The van der Waals surface area contributed by atoms with E-state index in [-0.39, 0.29) is 23.3 Å². The molecular formula is C27H32N2O4. The fraction of sp³-hybridized carbons (Fsp3) is 0.481. The molecule has 6 nitrogen and oxygen atoms in total. The molecule has 1 spiro atoms. The van der Waals surface area contributed by atoms with Crippen molar-refractivity contribution >= 4 is 11.9 Å². The summed E-state index contributed by atoms with van der Waals surface area (Å²) >= 11 is 0. The number of benzene rings is 2. The van der Waals surface area contributed by atoms with Crippen LogP contribution in [0.4, 0.5) is 0 Å². The van der Waals surface area contributed by atoms with Crippen molar-refractivity contribution < 1.29 is 19.4 Å². The lowest BCUT2D eigenvalue weighted by molar-refractivity contribution is -0.148. The lowest BCUT2D eigenvalue weighted by Gasteiger charge is -2.36. The molecule has 0 aromatic heterocycles. The third-order valence-electron chi connectivity index (χ3n) is 7.74. The third-order valence-corrected chi connectivity index (χ3v) is 7.74. The zero-order valence-corrected chi connectivity index (χ0v) is 18.9. The predicted molar refractivity (Wildman–Crippen MR) is 125 cm³/mol. The summed E-state index contributed by atoms with van der Waals surface area (Å²) in [6.07, 6.45) is 4.51. The minimum absolute atomic E-state index is 0.0350. The van der Waals surface area contributed by atoms with Crippen LogP contribution in [0.3, 0.4) is 0 Å². The minimum atomic E-state index is -0.494. The fourth-order valence-electron chi connectivity index (χ4n) is 5.58. The average Bonchev–Trinajstić information content (AvgIpc) is 3.46. The number of nitrogens with one attached hydrogen (secondary N) is 1. The van der Waals surface area contributed by atoms with Gasteiger partial charge in [0.1, 0.15) is 0 Å². The van der Waals surface area contributed by atoms with Crippen molar-refractivity contribution in [1.29, 1.82) is 0 Å². The van der Waals surface area contributed by atoms with Crippen LogP contribution in [0, 0.1) is 5.41 Å². The summed E-state index contributed by atoms with van der Waals surface area (Å²) in [6, 6.07) is 18.1. The number of ether oxygens (including phenoxy) is 1. The van der Waals surface area contributed by atoms with Gasteiger partial charge in [0.15, 0.2) is 0 Å². The first-order valence-electron chi connectivity index (χ1n) is 12.1. The third kappa shape index (κ3) is 4.55. The van der Waals surface area contributed by atoms with Crippen LogP contribution in [0.25, 0.3) is 0 Å². The molecule has 33 heavy (non-hydrogen) atoms. The Labute approximate surface area is 194 Å². The van der Waals surface area contributed by atoms with Gasteiger partial charge in [-0.05, 0) is 61.8 Å². The summed E-state index contributed by atoms with van der Waals surface area (Å²) < 4.78 is 5.17. The smallest absolute Gasteiger partial charge is 0.312 e. The van der Waals surface area contributed by atoms with Gasteiger partial charge in [0.05, 0.1) is 18.1 Å². The van der Waals surface area contributed by atoms with Gasteiger partial charge < -0.3 is 20.1 Å². The molecule has 2 aromatic carbocycles. The lowest BCUT2D eigenvalue weighted by Crippen LogP contribution is -2.45. The summed E-state index contributed by atoms with van der Waals surface area (Å²) in [5.74, 6) is -0.0502. The first-order valence-corrected chi connectivity index (χ1v) is 12.1. The van der Waals surface area contributed by atoms with E-state index in [1.54, 1.807) is 0 Å². The summed E-state index contributed by atoms with van der Waals surface area (Å²) in [5, 5.41) is 14.3. The van der Waals surface area contributed by atoms with Crippen molar-refractivity contribution in [2.24, 2.45) is 5.41 Å². The molecule has 0 radical (unpaired) electrons. The maximum Gasteiger partial charge on any atom is 0.312 e. The van der Waals surface area contributed by atoms with E-state index in [0.717, 1.165) is 31.2 Å². The number of carbonyl (C=O) groups is 2. The van der Waals surface area contributed by atoms with E-state index in [1.807, 2.05) is 59.5 Å². The average molecular weight is 449 g/mol. The van der Waals surface area contributed by atoms with E-state index in [1.165, 1.54) is 5.56 Å². The van der Waals surface area contributed by atoms with Crippen molar-refractivity contribution in [3.63, 3.8) is 0 Å². The van der Waals surface area contributed by atoms with Crippen molar-refractivity contribution in [3.8, 4) is 0 Å². The second kappa shape index (κ2) is 9.27. The molecule has 3 atom stereocenters. The molecule has 1 unspecified atom stereocenters. The monoisotopic (exact) mass is 448 g/mol. The molecule has 1 amide bonds. The Balaban J connectivity index is 1.14. The first-order chi connectivity index (χ1) is 16.0. The second-order valence-electron chi connectivity index (χ2n) is 9.76. The van der Waals surface area contributed by atoms with Crippen molar-refractivity contribution in [1.82, 2.24) is 10.2 Å². The summed E-state index contributed by atoms with van der Waals surface area (Å²) in [4.78, 5) is 26.9. The number of hydrogen-bond acceptors (Lipinski definition) is 5. The Morgan fingerprint density at radius 1 is 1.06 bits per heavy atom. The molecule has 0 aliphatic carbocycles. The van der Waals surface area contributed by atoms with E-state index in [4.69, 9.17) is 4.74 Å². The van der Waals surface area contributed by atoms with Gasteiger partial charge in [-0.3, -0.25) is 9.59 Å². The van der Waals surface area contributed by atoms with Crippen LogP contribution in [0.15, 0.2) is 54.6 Å². The second-order valence-corrected chi connectivity index (χ2v) is 9.76. The maximum absolute atomic E-state index is 13.0. The zero-order valence-electron chi connectivity index (χ0n) is 18.9. The molecule has 3 aliphatic rings. The zero-order chi connectivity index (χ0) is 22.8. The molecule has 3 aliphatic heterocycles. The van der Waals surface area contributed by atoms with Gasteiger partial charge in [-0.2, -0.15) is 0 Å². The van der Waals surface area contributed by atoms with Crippen LogP contribution in [-0.4, -0.2) is 53.7 Å². The Bertz CT molecular complexity index is 983. The Morgan fingerprint density at radius 3 is 2.45 bits per heavy atom. The van der Waals surface area contributed by atoms with Gasteiger partial charge in [-0.25, -0.2) is 0 Å². The van der Waals surface area contributed by atoms with E-state index >= 15 is 0 Å². The number of amides is 1. The van der Waals surface area contributed by atoms with Crippen LogP contribution < -0.4 is 5.32 Å². The summed E-state index contributed by atoms with van der Waals surface area (Å²) in [7, 11) is 0. The SMILES string of the molecule is O=C(c1ccc(C[C@@H]2CC[C@H](C(O)c3ccccc3)N2)cc1)N1CCC2(CCOC2=O)CC1. The topological polar surface area (TPSA) is 78.9 Å². The number of aliphatic hydroxyl groups excluding tert-OH is 1. The molecule has 0 saturated carbocycles. The van der Waals surface area contributed by atoms with E-state index in [2.05, 4.69) is 5.32 Å². The Hall–Kier alpha value is -2.70. The van der Waals surface area contributed by atoms with Gasteiger partial charge >= 0.3 is 5.97 Å². The standard InChI is InChI=1S/C27H32N2O4/c30-24(20-4-2-1-3-5-20)23-11-10-22(28-23)18-19-6-8-21(9-7-19)25(31)29-15-12-27(13-16-29)14-17-33-26(27)32/h1-9,22-24,28,30H,10-18H2/t22-,23+,24?/m0/s1. The Kier molecular flexibility index (Phi) is 6.21. The van der Waals surface area contributed by atoms with Crippen molar-refractivity contribution in [2.45, 2.75) is 56.7 Å². The molecule has 174 valence electrons. The van der Waals surface area contributed by atoms with Crippen LogP contribution in [0.2, 0.25) is 0 Å². The van der Waals surface area contributed by atoms with Gasteiger partial charge in [0, 0.05) is 30.7 Å². The number of piperidine rings is 1. The number of aliphatic hydroxyl groups is 1. The first kappa shape index (κ1) is 22.1. The number of nitrogens with zero attached hydrogens (tertiary/aromatic N) is 1. The number of carbonyl (C=O) groups excluding carboxylic acids is 2. The van der Waals surface area contributed by atoms with Gasteiger partial charge in [-0.15, -0.1) is 0 Å².